The zero-order valence-electron chi connectivity index (χ0n) is 15.7. The Morgan fingerprint density at radius 1 is 1.00 bits per heavy atom. The van der Waals surface area contributed by atoms with Crippen LogP contribution in [0.5, 0.6) is 0 Å². The van der Waals surface area contributed by atoms with Crippen molar-refractivity contribution < 1.29 is 0 Å². The first-order valence-electron chi connectivity index (χ1n) is 9.83. The SMILES string of the molecule is Cc1nc2ccccc2n1C1=NC=C2CCCCC2N1Cc1ccccc1. The van der Waals surface area contributed by atoms with Crippen LogP contribution in [-0.2, 0) is 6.54 Å². The number of imidazole rings is 1. The average Bonchev–Trinajstić information content (AvgIpc) is 3.05. The number of hydrogen-bond acceptors (Lipinski definition) is 3. The van der Waals surface area contributed by atoms with Gasteiger partial charge in [-0.1, -0.05) is 48.9 Å². The highest BCUT2D eigenvalue weighted by atomic mass is 15.4. The lowest BCUT2D eigenvalue weighted by molar-refractivity contribution is 0.278. The first kappa shape index (κ1) is 16.3. The monoisotopic (exact) mass is 356 g/mol. The van der Waals surface area contributed by atoms with E-state index in [1.807, 2.05) is 6.07 Å². The van der Waals surface area contributed by atoms with Gasteiger partial charge in [-0.2, -0.15) is 0 Å². The van der Waals surface area contributed by atoms with Crippen LogP contribution in [-0.4, -0.2) is 26.5 Å². The number of rotatable bonds is 2. The molecule has 2 aromatic carbocycles. The maximum Gasteiger partial charge on any atom is 0.212 e. The van der Waals surface area contributed by atoms with E-state index in [2.05, 4.69) is 71.1 Å². The summed E-state index contributed by atoms with van der Waals surface area (Å²) in [7, 11) is 0. The molecule has 1 saturated carbocycles. The fraction of sp³-hybridized carbons (Fsp3) is 0.304. The highest BCUT2D eigenvalue weighted by Gasteiger charge is 2.32. The molecule has 0 radical (unpaired) electrons. The van der Waals surface area contributed by atoms with Crippen molar-refractivity contribution in [3.05, 3.63) is 77.8 Å². The van der Waals surface area contributed by atoms with Crippen LogP contribution in [0.15, 0.2) is 71.4 Å². The summed E-state index contributed by atoms with van der Waals surface area (Å²) in [5.74, 6) is 1.99. The summed E-state index contributed by atoms with van der Waals surface area (Å²) < 4.78 is 2.22. The highest BCUT2D eigenvalue weighted by Crippen LogP contribution is 2.33. The van der Waals surface area contributed by atoms with E-state index in [4.69, 9.17) is 9.98 Å². The molecule has 0 spiro atoms. The minimum absolute atomic E-state index is 0.437. The molecule has 1 aliphatic heterocycles. The van der Waals surface area contributed by atoms with Crippen LogP contribution in [0.3, 0.4) is 0 Å². The molecule has 2 aliphatic rings. The topological polar surface area (TPSA) is 33.4 Å². The molecular formula is C23H24N4. The molecule has 1 atom stereocenters. The number of aryl methyl sites for hydroxylation is 1. The Balaban J connectivity index is 1.64. The molecule has 1 unspecified atom stereocenters. The number of fused-ring (bicyclic) bond motifs is 2. The highest BCUT2D eigenvalue weighted by molar-refractivity contribution is 5.94. The second-order valence-corrected chi connectivity index (χ2v) is 7.49. The predicted octanol–water partition coefficient (Wildman–Crippen LogP) is 4.89. The molecule has 27 heavy (non-hydrogen) atoms. The zero-order chi connectivity index (χ0) is 18.2. The Morgan fingerprint density at radius 2 is 1.81 bits per heavy atom. The van der Waals surface area contributed by atoms with Gasteiger partial charge in [0.15, 0.2) is 0 Å². The molecule has 5 rings (SSSR count). The van der Waals surface area contributed by atoms with E-state index in [1.54, 1.807) is 0 Å². The number of benzene rings is 2. The van der Waals surface area contributed by atoms with Gasteiger partial charge in [-0.15, -0.1) is 0 Å². The Morgan fingerprint density at radius 3 is 2.70 bits per heavy atom. The van der Waals surface area contributed by atoms with Crippen molar-refractivity contribution >= 4 is 17.0 Å². The quantitative estimate of drug-likeness (QED) is 0.655. The fourth-order valence-electron chi connectivity index (χ4n) is 4.43. The third kappa shape index (κ3) is 2.85. The van der Waals surface area contributed by atoms with Gasteiger partial charge in [0.05, 0.1) is 17.1 Å². The molecule has 136 valence electrons. The Hall–Kier alpha value is -2.88. The molecule has 0 amide bonds. The Bertz CT molecular complexity index is 1030. The molecular weight excluding hydrogens is 332 g/mol. The first-order valence-corrected chi connectivity index (χ1v) is 9.83. The third-order valence-corrected chi connectivity index (χ3v) is 5.72. The maximum atomic E-state index is 4.95. The minimum atomic E-state index is 0.437. The van der Waals surface area contributed by atoms with Crippen molar-refractivity contribution in [1.82, 2.24) is 14.5 Å². The van der Waals surface area contributed by atoms with Gasteiger partial charge in [-0.05, 0) is 49.5 Å². The summed E-state index contributed by atoms with van der Waals surface area (Å²) in [6.45, 7) is 2.94. The van der Waals surface area contributed by atoms with Gasteiger partial charge >= 0.3 is 0 Å². The maximum absolute atomic E-state index is 4.95. The number of para-hydroxylation sites is 2. The zero-order valence-corrected chi connectivity index (χ0v) is 15.7. The molecule has 4 heteroatoms. The van der Waals surface area contributed by atoms with E-state index in [0.29, 0.717) is 6.04 Å². The van der Waals surface area contributed by atoms with Gasteiger partial charge < -0.3 is 4.90 Å². The molecule has 1 fully saturated rings. The third-order valence-electron chi connectivity index (χ3n) is 5.72. The molecule has 3 aromatic rings. The van der Waals surface area contributed by atoms with Crippen LogP contribution in [0.4, 0.5) is 0 Å². The van der Waals surface area contributed by atoms with Gasteiger partial charge in [-0.25, -0.2) is 9.98 Å². The summed E-state index contributed by atoms with van der Waals surface area (Å²) in [6, 6.07) is 19.5. The van der Waals surface area contributed by atoms with Crippen LogP contribution in [0.1, 0.15) is 37.1 Å². The van der Waals surface area contributed by atoms with E-state index < -0.39 is 0 Å². The number of aliphatic imine (C=N–C) groups is 1. The van der Waals surface area contributed by atoms with E-state index >= 15 is 0 Å². The van der Waals surface area contributed by atoms with Gasteiger partial charge in [0, 0.05) is 12.7 Å². The molecule has 0 N–H and O–H groups in total. The van der Waals surface area contributed by atoms with E-state index in [9.17, 15) is 0 Å². The van der Waals surface area contributed by atoms with E-state index in [-0.39, 0.29) is 0 Å². The Kier molecular flexibility index (Phi) is 4.04. The summed E-state index contributed by atoms with van der Waals surface area (Å²) in [4.78, 5) is 12.2. The minimum Gasteiger partial charge on any atom is -0.331 e. The van der Waals surface area contributed by atoms with E-state index in [1.165, 1.54) is 30.4 Å². The van der Waals surface area contributed by atoms with Crippen molar-refractivity contribution in [2.45, 2.75) is 45.2 Å². The summed E-state index contributed by atoms with van der Waals surface area (Å²) in [6.07, 6.45) is 7.04. The fourth-order valence-corrected chi connectivity index (χ4v) is 4.43. The van der Waals surface area contributed by atoms with Crippen LogP contribution >= 0.6 is 0 Å². The van der Waals surface area contributed by atoms with Crippen LogP contribution < -0.4 is 0 Å². The normalized spacial score (nSPS) is 19.6. The number of hydrogen-bond donors (Lipinski definition) is 0. The molecule has 2 heterocycles. The number of nitrogens with zero attached hydrogens (tertiary/aromatic N) is 4. The van der Waals surface area contributed by atoms with Crippen LogP contribution in [0.2, 0.25) is 0 Å². The molecule has 1 aromatic heterocycles. The molecule has 0 saturated heterocycles. The summed E-state index contributed by atoms with van der Waals surface area (Å²) in [5.41, 5.74) is 4.94. The molecule has 0 bridgehead atoms. The standard InChI is InChI=1S/C23H24N4/c1-17-25-20-12-6-8-14-22(20)27(17)23-24-15-19-11-5-7-13-21(19)26(23)16-18-9-3-2-4-10-18/h2-4,6,8-10,12,14-15,21H,5,7,11,13,16H2,1H3. The second kappa shape index (κ2) is 6.69. The van der Waals surface area contributed by atoms with Crippen molar-refractivity contribution in [1.29, 1.82) is 0 Å². The lowest BCUT2D eigenvalue weighted by Gasteiger charge is -2.40. The van der Waals surface area contributed by atoms with Crippen molar-refractivity contribution in [3.63, 3.8) is 0 Å². The van der Waals surface area contributed by atoms with Crippen LogP contribution in [0, 0.1) is 6.92 Å². The van der Waals surface area contributed by atoms with Crippen molar-refractivity contribution in [3.8, 4) is 0 Å². The lowest BCUT2D eigenvalue weighted by Crippen LogP contribution is -2.47. The van der Waals surface area contributed by atoms with Gasteiger partial charge in [0.25, 0.3) is 0 Å². The summed E-state index contributed by atoms with van der Waals surface area (Å²) in [5, 5.41) is 0. The smallest absolute Gasteiger partial charge is 0.212 e. The Labute approximate surface area is 159 Å². The van der Waals surface area contributed by atoms with Crippen LogP contribution in [0.25, 0.3) is 11.0 Å². The second-order valence-electron chi connectivity index (χ2n) is 7.49. The largest absolute Gasteiger partial charge is 0.331 e. The van der Waals surface area contributed by atoms with Crippen molar-refractivity contribution in [2.75, 3.05) is 0 Å². The average molecular weight is 356 g/mol. The van der Waals surface area contributed by atoms with Gasteiger partial charge in [-0.3, -0.25) is 4.57 Å². The van der Waals surface area contributed by atoms with Crippen molar-refractivity contribution in [2.24, 2.45) is 4.99 Å². The molecule has 4 nitrogen and oxygen atoms in total. The summed E-state index contributed by atoms with van der Waals surface area (Å²) >= 11 is 0. The van der Waals surface area contributed by atoms with Gasteiger partial charge in [0.2, 0.25) is 5.96 Å². The van der Waals surface area contributed by atoms with E-state index in [0.717, 1.165) is 35.8 Å². The van der Waals surface area contributed by atoms with Gasteiger partial charge in [0.1, 0.15) is 5.82 Å². The number of aromatic nitrogens is 2. The first-order chi connectivity index (χ1) is 13.3. The lowest BCUT2D eigenvalue weighted by atomic mass is 9.88. The predicted molar refractivity (Wildman–Crippen MR) is 110 cm³/mol. The molecule has 1 aliphatic carbocycles.